The molecule has 0 N–H and O–H groups in total. The Balaban J connectivity index is 4.30. The van der Waals surface area contributed by atoms with Crippen LogP contribution in [0.4, 0.5) is 0 Å². The average molecular weight is 285 g/mol. The number of esters is 1. The molecule has 120 valence electrons. The van der Waals surface area contributed by atoms with Crippen molar-refractivity contribution in [3.8, 4) is 0 Å². The van der Waals surface area contributed by atoms with Crippen LogP contribution in [-0.2, 0) is 9.53 Å². The highest BCUT2D eigenvalue weighted by molar-refractivity contribution is 5.75. The summed E-state index contributed by atoms with van der Waals surface area (Å²) >= 11 is 0. The summed E-state index contributed by atoms with van der Waals surface area (Å²) in [7, 11) is 0. The lowest BCUT2D eigenvalue weighted by atomic mass is 9.89. The molecule has 0 amide bonds. The molecular weight excluding hydrogens is 250 g/mol. The molecular formula is C17H35NO2. The maximum absolute atomic E-state index is 12.2. The Bertz CT molecular complexity index is 273. The van der Waals surface area contributed by atoms with Gasteiger partial charge in [0, 0.05) is 0 Å². The third-order valence-corrected chi connectivity index (χ3v) is 3.32. The molecule has 0 unspecified atom stereocenters. The van der Waals surface area contributed by atoms with Gasteiger partial charge in [-0.1, -0.05) is 34.6 Å². The van der Waals surface area contributed by atoms with E-state index in [1.54, 1.807) is 0 Å². The fourth-order valence-corrected chi connectivity index (χ4v) is 1.98. The molecule has 0 spiro atoms. The largest absolute Gasteiger partial charge is 0.465 e. The quantitative estimate of drug-likeness (QED) is 0.597. The number of rotatable bonds is 9. The van der Waals surface area contributed by atoms with Gasteiger partial charge in [-0.25, -0.2) is 0 Å². The molecule has 0 fully saturated rings. The van der Waals surface area contributed by atoms with Crippen molar-refractivity contribution in [2.24, 2.45) is 10.8 Å². The Hall–Kier alpha value is -0.570. The van der Waals surface area contributed by atoms with Crippen molar-refractivity contribution in [1.82, 2.24) is 4.90 Å². The highest BCUT2D eigenvalue weighted by Crippen LogP contribution is 2.24. The predicted molar refractivity (Wildman–Crippen MR) is 85.8 cm³/mol. The van der Waals surface area contributed by atoms with Crippen LogP contribution < -0.4 is 0 Å². The molecule has 0 aromatic carbocycles. The maximum Gasteiger partial charge on any atom is 0.311 e. The molecule has 0 aromatic heterocycles. The van der Waals surface area contributed by atoms with Crippen molar-refractivity contribution in [2.45, 2.75) is 67.7 Å². The van der Waals surface area contributed by atoms with Crippen molar-refractivity contribution >= 4 is 5.97 Å². The van der Waals surface area contributed by atoms with E-state index in [0.29, 0.717) is 6.61 Å². The van der Waals surface area contributed by atoms with Gasteiger partial charge in [0.2, 0.25) is 0 Å². The molecule has 20 heavy (non-hydrogen) atoms. The summed E-state index contributed by atoms with van der Waals surface area (Å²) in [5.41, 5.74) is -0.368. The summed E-state index contributed by atoms with van der Waals surface area (Å²) in [5, 5.41) is 0. The molecule has 0 rings (SSSR count). The molecule has 0 aliphatic rings. The van der Waals surface area contributed by atoms with Crippen LogP contribution in [0.25, 0.3) is 0 Å². The van der Waals surface area contributed by atoms with E-state index >= 15 is 0 Å². The van der Waals surface area contributed by atoms with E-state index in [9.17, 15) is 4.79 Å². The monoisotopic (exact) mass is 285 g/mol. The molecule has 0 heterocycles. The standard InChI is InChI=1S/C17H35NO2/c1-8-11-18(12-9-2)13-10-17(6,7)15(19)20-14-16(3,4)5/h8-14H2,1-7H3. The fraction of sp³-hybridized carbons (Fsp3) is 0.941. The Labute approximate surface area is 126 Å². The van der Waals surface area contributed by atoms with Crippen LogP contribution in [0.3, 0.4) is 0 Å². The van der Waals surface area contributed by atoms with Crippen LogP contribution in [0.2, 0.25) is 0 Å². The number of carbonyl (C=O) groups excluding carboxylic acids is 1. The highest BCUT2D eigenvalue weighted by atomic mass is 16.5. The van der Waals surface area contributed by atoms with E-state index in [-0.39, 0.29) is 11.4 Å². The zero-order chi connectivity index (χ0) is 15.8. The zero-order valence-electron chi connectivity index (χ0n) is 14.7. The Kier molecular flexibility index (Phi) is 8.41. The minimum Gasteiger partial charge on any atom is -0.465 e. The molecule has 0 radical (unpaired) electrons. The van der Waals surface area contributed by atoms with Gasteiger partial charge >= 0.3 is 5.97 Å². The minimum atomic E-state index is -0.398. The van der Waals surface area contributed by atoms with E-state index in [0.717, 1.165) is 38.9 Å². The third-order valence-electron chi connectivity index (χ3n) is 3.32. The summed E-state index contributed by atoms with van der Waals surface area (Å²) in [4.78, 5) is 14.6. The van der Waals surface area contributed by atoms with Crippen molar-refractivity contribution in [3.05, 3.63) is 0 Å². The first-order chi connectivity index (χ1) is 9.12. The third kappa shape index (κ3) is 8.57. The van der Waals surface area contributed by atoms with Gasteiger partial charge in [-0.3, -0.25) is 4.79 Å². The topological polar surface area (TPSA) is 29.5 Å². The second kappa shape index (κ2) is 8.66. The number of carbonyl (C=O) groups is 1. The normalized spacial score (nSPS) is 12.8. The predicted octanol–water partition coefficient (Wildman–Crippen LogP) is 4.11. The lowest BCUT2D eigenvalue weighted by Crippen LogP contribution is -2.35. The highest BCUT2D eigenvalue weighted by Gasteiger charge is 2.30. The first kappa shape index (κ1) is 19.4. The van der Waals surface area contributed by atoms with Crippen LogP contribution >= 0.6 is 0 Å². The average Bonchev–Trinajstić information content (AvgIpc) is 2.32. The maximum atomic E-state index is 12.2. The van der Waals surface area contributed by atoms with Gasteiger partial charge in [0.05, 0.1) is 12.0 Å². The second-order valence-corrected chi connectivity index (χ2v) is 7.61. The van der Waals surface area contributed by atoms with Crippen molar-refractivity contribution in [3.63, 3.8) is 0 Å². The van der Waals surface area contributed by atoms with Gasteiger partial charge in [0.1, 0.15) is 0 Å². The lowest BCUT2D eigenvalue weighted by Gasteiger charge is -2.29. The van der Waals surface area contributed by atoms with E-state index in [1.807, 2.05) is 13.8 Å². The summed E-state index contributed by atoms with van der Waals surface area (Å²) in [6, 6.07) is 0. The van der Waals surface area contributed by atoms with Crippen LogP contribution in [-0.4, -0.2) is 37.1 Å². The molecule has 0 aliphatic carbocycles. The fourth-order valence-electron chi connectivity index (χ4n) is 1.98. The van der Waals surface area contributed by atoms with Gasteiger partial charge in [-0.05, 0) is 58.2 Å². The molecule has 0 aliphatic heterocycles. The van der Waals surface area contributed by atoms with Crippen LogP contribution in [0.15, 0.2) is 0 Å². The molecule has 0 atom stereocenters. The number of nitrogens with zero attached hydrogens (tertiary/aromatic N) is 1. The molecule has 0 bridgehead atoms. The Morgan fingerprint density at radius 1 is 0.950 bits per heavy atom. The smallest absolute Gasteiger partial charge is 0.311 e. The first-order valence-electron chi connectivity index (χ1n) is 8.02. The number of hydrogen-bond donors (Lipinski definition) is 0. The Morgan fingerprint density at radius 3 is 1.85 bits per heavy atom. The molecule has 0 saturated carbocycles. The van der Waals surface area contributed by atoms with Gasteiger partial charge < -0.3 is 9.64 Å². The van der Waals surface area contributed by atoms with Crippen molar-refractivity contribution in [2.75, 3.05) is 26.2 Å². The van der Waals surface area contributed by atoms with Crippen LogP contribution in [0.1, 0.15) is 67.7 Å². The summed E-state index contributed by atoms with van der Waals surface area (Å²) in [5.74, 6) is -0.0691. The molecule has 0 aromatic rings. The van der Waals surface area contributed by atoms with E-state index in [1.165, 1.54) is 0 Å². The Morgan fingerprint density at radius 2 is 1.45 bits per heavy atom. The van der Waals surface area contributed by atoms with E-state index in [4.69, 9.17) is 4.74 Å². The molecule has 3 heteroatoms. The first-order valence-corrected chi connectivity index (χ1v) is 8.02. The summed E-state index contributed by atoms with van der Waals surface area (Å²) < 4.78 is 5.47. The van der Waals surface area contributed by atoms with E-state index in [2.05, 4.69) is 39.5 Å². The van der Waals surface area contributed by atoms with Gasteiger partial charge in [-0.2, -0.15) is 0 Å². The SMILES string of the molecule is CCCN(CCC)CCC(C)(C)C(=O)OCC(C)(C)C. The summed E-state index contributed by atoms with van der Waals surface area (Å²) in [6.07, 6.45) is 3.18. The van der Waals surface area contributed by atoms with E-state index < -0.39 is 5.41 Å². The summed E-state index contributed by atoms with van der Waals surface area (Å²) in [6.45, 7) is 18.3. The van der Waals surface area contributed by atoms with Crippen molar-refractivity contribution in [1.29, 1.82) is 0 Å². The van der Waals surface area contributed by atoms with Crippen LogP contribution in [0.5, 0.6) is 0 Å². The van der Waals surface area contributed by atoms with Gasteiger partial charge in [-0.15, -0.1) is 0 Å². The lowest BCUT2D eigenvalue weighted by molar-refractivity contribution is -0.157. The second-order valence-electron chi connectivity index (χ2n) is 7.61. The zero-order valence-corrected chi connectivity index (χ0v) is 14.7. The van der Waals surface area contributed by atoms with Crippen molar-refractivity contribution < 1.29 is 9.53 Å². The van der Waals surface area contributed by atoms with Gasteiger partial charge in [0.15, 0.2) is 0 Å². The molecule has 3 nitrogen and oxygen atoms in total. The number of ether oxygens (including phenoxy) is 1. The minimum absolute atomic E-state index is 0.0300. The molecule has 0 saturated heterocycles. The van der Waals surface area contributed by atoms with Gasteiger partial charge in [0.25, 0.3) is 0 Å². The van der Waals surface area contributed by atoms with Crippen LogP contribution in [0, 0.1) is 10.8 Å². The number of hydrogen-bond acceptors (Lipinski definition) is 3.